The van der Waals surface area contributed by atoms with Gasteiger partial charge in [0.15, 0.2) is 11.5 Å². The average Bonchev–Trinajstić information content (AvgIpc) is 2.90. The highest BCUT2D eigenvalue weighted by Gasteiger charge is 2.55. The number of fused-ring (bicyclic) bond motifs is 5. The van der Waals surface area contributed by atoms with Crippen molar-refractivity contribution in [3.05, 3.63) is 23.3 Å². The van der Waals surface area contributed by atoms with Gasteiger partial charge in [-0.05, 0) is 85.0 Å². The zero-order valence-electron chi connectivity index (χ0n) is 14.5. The molecule has 4 rings (SSSR count). The Kier molecular flexibility index (Phi) is 3.60. The summed E-state index contributed by atoms with van der Waals surface area (Å²) >= 11 is 0. The number of rotatable bonds is 2. The lowest BCUT2D eigenvalue weighted by atomic mass is 9.55. The topological polar surface area (TPSA) is 38.7 Å². The molecule has 1 aromatic rings. The first-order valence-corrected chi connectivity index (χ1v) is 9.01. The third kappa shape index (κ3) is 2.12. The molecule has 23 heavy (non-hydrogen) atoms. The molecule has 0 saturated heterocycles. The Hall–Kier alpha value is -1.22. The van der Waals surface area contributed by atoms with Gasteiger partial charge in [0, 0.05) is 7.11 Å². The SMILES string of the molecule is COc1cc2c(cc1O)C1CC[C@]3(C)C(OC)CCC3C1CC2. The number of phenols is 1. The molecule has 2 fully saturated rings. The van der Waals surface area contributed by atoms with Gasteiger partial charge in [-0.1, -0.05) is 6.92 Å². The molecule has 0 bridgehead atoms. The molecule has 1 N–H and O–H groups in total. The minimum Gasteiger partial charge on any atom is -0.504 e. The fraction of sp³-hybridized carbons (Fsp3) is 0.700. The monoisotopic (exact) mass is 316 g/mol. The molecule has 0 aromatic heterocycles. The van der Waals surface area contributed by atoms with E-state index in [9.17, 15) is 5.11 Å². The second kappa shape index (κ2) is 5.41. The maximum Gasteiger partial charge on any atom is 0.160 e. The van der Waals surface area contributed by atoms with Gasteiger partial charge < -0.3 is 14.6 Å². The number of aromatic hydroxyl groups is 1. The van der Waals surface area contributed by atoms with Crippen LogP contribution in [0.1, 0.15) is 56.1 Å². The van der Waals surface area contributed by atoms with E-state index >= 15 is 0 Å². The summed E-state index contributed by atoms with van der Waals surface area (Å²) in [6.45, 7) is 2.45. The number of phenolic OH excluding ortho intramolecular Hbond substituents is 1. The molecule has 3 nitrogen and oxygen atoms in total. The van der Waals surface area contributed by atoms with Crippen LogP contribution in [0.15, 0.2) is 12.1 Å². The predicted molar refractivity (Wildman–Crippen MR) is 90.1 cm³/mol. The van der Waals surface area contributed by atoms with E-state index in [0.717, 1.165) is 18.3 Å². The summed E-state index contributed by atoms with van der Waals surface area (Å²) in [7, 11) is 3.51. The van der Waals surface area contributed by atoms with E-state index in [1.807, 2.05) is 13.2 Å². The molecule has 0 spiro atoms. The van der Waals surface area contributed by atoms with Crippen LogP contribution >= 0.6 is 0 Å². The molecule has 5 atom stereocenters. The first-order chi connectivity index (χ1) is 11.1. The van der Waals surface area contributed by atoms with Gasteiger partial charge in [-0.25, -0.2) is 0 Å². The Morgan fingerprint density at radius 3 is 2.70 bits per heavy atom. The Morgan fingerprint density at radius 1 is 1.13 bits per heavy atom. The largest absolute Gasteiger partial charge is 0.504 e. The van der Waals surface area contributed by atoms with E-state index in [1.54, 1.807) is 7.11 Å². The van der Waals surface area contributed by atoms with Crippen LogP contribution in [0.5, 0.6) is 11.5 Å². The van der Waals surface area contributed by atoms with Crippen LogP contribution in [0.2, 0.25) is 0 Å². The molecule has 3 heteroatoms. The molecule has 3 aliphatic carbocycles. The molecular weight excluding hydrogens is 288 g/mol. The van der Waals surface area contributed by atoms with Gasteiger partial charge in [-0.15, -0.1) is 0 Å². The number of hydrogen-bond acceptors (Lipinski definition) is 3. The van der Waals surface area contributed by atoms with Crippen molar-refractivity contribution in [2.45, 2.75) is 57.5 Å². The molecule has 0 heterocycles. The van der Waals surface area contributed by atoms with Crippen LogP contribution in [0.25, 0.3) is 0 Å². The summed E-state index contributed by atoms with van der Waals surface area (Å²) in [5.74, 6) is 3.02. The molecule has 1 aromatic carbocycles. The molecular formula is C20H28O3. The van der Waals surface area contributed by atoms with Crippen LogP contribution in [-0.4, -0.2) is 25.4 Å². The Balaban J connectivity index is 1.69. The van der Waals surface area contributed by atoms with E-state index in [2.05, 4.69) is 13.0 Å². The number of aryl methyl sites for hydroxylation is 1. The number of ether oxygens (including phenoxy) is 2. The standard InChI is InChI=1S/C20H28O3/c1-20-9-8-13-14(16(20)6-7-19(20)23-3)5-4-12-10-18(22-2)17(21)11-15(12)13/h10-11,13-14,16,19,21H,4-9H2,1-3H3/t13?,14?,16?,19?,20-/m0/s1. The van der Waals surface area contributed by atoms with Crippen molar-refractivity contribution in [3.63, 3.8) is 0 Å². The van der Waals surface area contributed by atoms with Crippen LogP contribution in [-0.2, 0) is 11.2 Å². The third-order valence-corrected chi connectivity index (χ3v) is 7.22. The molecule has 126 valence electrons. The van der Waals surface area contributed by atoms with E-state index in [4.69, 9.17) is 9.47 Å². The van der Waals surface area contributed by atoms with E-state index < -0.39 is 0 Å². The highest BCUT2D eigenvalue weighted by atomic mass is 16.5. The molecule has 2 saturated carbocycles. The van der Waals surface area contributed by atoms with Crippen molar-refractivity contribution in [3.8, 4) is 11.5 Å². The van der Waals surface area contributed by atoms with Crippen molar-refractivity contribution in [1.82, 2.24) is 0 Å². The molecule has 4 unspecified atom stereocenters. The summed E-state index contributed by atoms with van der Waals surface area (Å²) in [5, 5.41) is 10.2. The van der Waals surface area contributed by atoms with Crippen molar-refractivity contribution in [1.29, 1.82) is 0 Å². The zero-order chi connectivity index (χ0) is 16.2. The van der Waals surface area contributed by atoms with Gasteiger partial charge in [0.1, 0.15) is 0 Å². The Morgan fingerprint density at radius 2 is 1.96 bits per heavy atom. The van der Waals surface area contributed by atoms with Gasteiger partial charge in [0.2, 0.25) is 0 Å². The second-order valence-corrected chi connectivity index (χ2v) is 7.98. The summed E-state index contributed by atoms with van der Waals surface area (Å²) < 4.78 is 11.1. The molecule has 3 aliphatic rings. The van der Waals surface area contributed by atoms with Crippen molar-refractivity contribution in [2.24, 2.45) is 17.3 Å². The van der Waals surface area contributed by atoms with Gasteiger partial charge >= 0.3 is 0 Å². The molecule has 0 radical (unpaired) electrons. The lowest BCUT2D eigenvalue weighted by molar-refractivity contribution is -0.0444. The maximum atomic E-state index is 10.2. The fourth-order valence-corrected chi connectivity index (χ4v) is 6.09. The van der Waals surface area contributed by atoms with Crippen molar-refractivity contribution in [2.75, 3.05) is 14.2 Å². The van der Waals surface area contributed by atoms with Gasteiger partial charge in [0.25, 0.3) is 0 Å². The number of methoxy groups -OCH3 is 2. The Labute approximate surface area is 139 Å². The smallest absolute Gasteiger partial charge is 0.160 e. The lowest BCUT2D eigenvalue weighted by Crippen LogP contribution is -2.44. The second-order valence-electron chi connectivity index (χ2n) is 7.98. The first kappa shape index (κ1) is 15.3. The summed E-state index contributed by atoms with van der Waals surface area (Å²) in [6, 6.07) is 4.04. The predicted octanol–water partition coefficient (Wildman–Crippen LogP) is 4.27. The normalized spacial score (nSPS) is 38.6. The van der Waals surface area contributed by atoms with E-state index in [0.29, 0.717) is 28.9 Å². The van der Waals surface area contributed by atoms with Crippen molar-refractivity contribution < 1.29 is 14.6 Å². The van der Waals surface area contributed by atoms with E-state index in [1.165, 1.54) is 43.2 Å². The molecule has 0 aliphatic heterocycles. The summed E-state index contributed by atoms with van der Waals surface area (Å²) in [4.78, 5) is 0. The fourth-order valence-electron chi connectivity index (χ4n) is 6.09. The van der Waals surface area contributed by atoms with E-state index in [-0.39, 0.29) is 0 Å². The van der Waals surface area contributed by atoms with Crippen LogP contribution in [0.4, 0.5) is 0 Å². The van der Waals surface area contributed by atoms with Crippen molar-refractivity contribution >= 4 is 0 Å². The average molecular weight is 316 g/mol. The van der Waals surface area contributed by atoms with Crippen LogP contribution in [0, 0.1) is 17.3 Å². The van der Waals surface area contributed by atoms with Gasteiger partial charge in [-0.3, -0.25) is 0 Å². The lowest BCUT2D eigenvalue weighted by Gasteiger charge is -2.50. The highest BCUT2D eigenvalue weighted by Crippen LogP contribution is 2.61. The number of hydrogen-bond donors (Lipinski definition) is 1. The minimum atomic E-state index is 0.293. The third-order valence-electron chi connectivity index (χ3n) is 7.22. The summed E-state index contributed by atoms with van der Waals surface area (Å²) in [6.07, 6.45) is 7.77. The van der Waals surface area contributed by atoms with Gasteiger partial charge in [0.05, 0.1) is 13.2 Å². The number of benzene rings is 1. The van der Waals surface area contributed by atoms with Crippen LogP contribution < -0.4 is 4.74 Å². The minimum absolute atomic E-state index is 0.293. The molecule has 0 amide bonds. The maximum absolute atomic E-state index is 10.2. The zero-order valence-corrected chi connectivity index (χ0v) is 14.5. The summed E-state index contributed by atoms with van der Waals surface area (Å²) in [5.41, 5.74) is 3.11. The Bertz CT molecular complexity index is 611. The highest BCUT2D eigenvalue weighted by molar-refractivity contribution is 5.49. The van der Waals surface area contributed by atoms with Gasteiger partial charge in [-0.2, -0.15) is 0 Å². The van der Waals surface area contributed by atoms with Crippen LogP contribution in [0.3, 0.4) is 0 Å². The first-order valence-electron chi connectivity index (χ1n) is 9.01. The quantitative estimate of drug-likeness (QED) is 0.885.